The maximum absolute atomic E-state index is 5.93. The average Bonchev–Trinajstić information content (AvgIpc) is 3.46. The lowest BCUT2D eigenvalue weighted by Gasteiger charge is -2.33. The molecule has 1 atom stereocenters. The molecule has 0 spiro atoms. The fourth-order valence-electron chi connectivity index (χ4n) is 4.39. The summed E-state index contributed by atoms with van der Waals surface area (Å²) in [4.78, 5) is 7.45. The number of piperidine rings is 1. The molecule has 0 bridgehead atoms. The Balaban J connectivity index is 0.00000289. The van der Waals surface area contributed by atoms with E-state index in [1.54, 1.807) is 6.26 Å². The lowest BCUT2D eigenvalue weighted by Crippen LogP contribution is -2.49. The molecular formula is C25H37IN4O2. The van der Waals surface area contributed by atoms with E-state index in [2.05, 4.69) is 52.8 Å². The van der Waals surface area contributed by atoms with Crippen molar-refractivity contribution in [3.05, 3.63) is 60.1 Å². The number of benzene rings is 1. The Morgan fingerprint density at radius 2 is 1.97 bits per heavy atom. The van der Waals surface area contributed by atoms with E-state index in [9.17, 15) is 0 Å². The molecule has 176 valence electrons. The summed E-state index contributed by atoms with van der Waals surface area (Å²) in [5.74, 6) is 1.89. The zero-order chi connectivity index (χ0) is 21.4. The van der Waals surface area contributed by atoms with Crippen LogP contribution in [0.15, 0.2) is 58.1 Å². The molecule has 3 heterocycles. The third-order valence-corrected chi connectivity index (χ3v) is 6.29. The van der Waals surface area contributed by atoms with E-state index in [-0.39, 0.29) is 29.6 Å². The zero-order valence-electron chi connectivity index (χ0n) is 19.1. The number of aliphatic imine (C=N–C) groups is 1. The fraction of sp³-hybridized carbons (Fsp3) is 0.560. The van der Waals surface area contributed by atoms with Gasteiger partial charge in [-0.3, -0.25) is 9.89 Å². The number of nitrogens with one attached hydrogen (secondary N) is 2. The Labute approximate surface area is 209 Å². The van der Waals surface area contributed by atoms with E-state index >= 15 is 0 Å². The minimum Gasteiger partial charge on any atom is -0.469 e. The topological polar surface area (TPSA) is 62.0 Å². The van der Waals surface area contributed by atoms with Crippen molar-refractivity contribution in [1.29, 1.82) is 0 Å². The second kappa shape index (κ2) is 12.6. The number of ether oxygens (including phenoxy) is 1. The van der Waals surface area contributed by atoms with Crippen LogP contribution in [0.2, 0.25) is 0 Å². The number of guanidine groups is 1. The van der Waals surface area contributed by atoms with Crippen LogP contribution in [-0.2, 0) is 17.7 Å². The summed E-state index contributed by atoms with van der Waals surface area (Å²) >= 11 is 0. The van der Waals surface area contributed by atoms with Crippen LogP contribution in [-0.4, -0.2) is 55.3 Å². The highest BCUT2D eigenvalue weighted by atomic mass is 127. The van der Waals surface area contributed by atoms with Crippen molar-refractivity contribution in [3.63, 3.8) is 0 Å². The van der Waals surface area contributed by atoms with Crippen molar-refractivity contribution >= 4 is 29.9 Å². The molecule has 2 N–H and O–H groups in total. The lowest BCUT2D eigenvalue weighted by molar-refractivity contribution is 0.0283. The van der Waals surface area contributed by atoms with Crippen molar-refractivity contribution in [2.75, 3.05) is 32.8 Å². The van der Waals surface area contributed by atoms with Gasteiger partial charge in [-0.05, 0) is 50.3 Å². The molecule has 0 saturated carbocycles. The Kier molecular flexibility index (Phi) is 9.87. The summed E-state index contributed by atoms with van der Waals surface area (Å²) in [7, 11) is 0. The van der Waals surface area contributed by atoms with E-state index in [4.69, 9.17) is 14.1 Å². The fourth-order valence-corrected chi connectivity index (χ4v) is 4.39. The standard InChI is InChI=1S/C25H36N4O2.HI/c1-25(13-6-18-31-25)20-27-24(26-14-10-23-9-5-17-30-23)28-22-11-15-29(16-12-22)19-21-7-3-2-4-8-21;/h2-5,7-9,17,22H,6,10-16,18-20H2,1H3,(H2,26,27,28);1H. The van der Waals surface area contributed by atoms with Gasteiger partial charge in [0, 0.05) is 45.2 Å². The van der Waals surface area contributed by atoms with Crippen molar-refractivity contribution in [1.82, 2.24) is 15.5 Å². The molecule has 2 saturated heterocycles. The molecule has 0 amide bonds. The van der Waals surface area contributed by atoms with Crippen molar-refractivity contribution < 1.29 is 9.15 Å². The smallest absolute Gasteiger partial charge is 0.191 e. The Bertz CT molecular complexity index is 799. The molecule has 4 rings (SSSR count). The number of halogens is 1. The highest BCUT2D eigenvalue weighted by molar-refractivity contribution is 14.0. The minimum absolute atomic E-state index is 0. The largest absolute Gasteiger partial charge is 0.469 e. The van der Waals surface area contributed by atoms with Gasteiger partial charge in [-0.15, -0.1) is 24.0 Å². The van der Waals surface area contributed by atoms with Gasteiger partial charge in [-0.2, -0.15) is 0 Å². The molecule has 1 unspecified atom stereocenters. The van der Waals surface area contributed by atoms with E-state index in [0.717, 1.165) is 76.6 Å². The van der Waals surface area contributed by atoms with E-state index in [1.807, 2.05) is 12.1 Å². The number of furan rings is 1. The van der Waals surface area contributed by atoms with Crippen LogP contribution < -0.4 is 10.6 Å². The van der Waals surface area contributed by atoms with Crippen LogP contribution in [0.25, 0.3) is 0 Å². The average molecular weight is 553 g/mol. The second-order valence-corrected chi connectivity index (χ2v) is 9.00. The normalized spacial score (nSPS) is 22.5. The molecule has 0 aliphatic carbocycles. The molecule has 0 radical (unpaired) electrons. The van der Waals surface area contributed by atoms with Gasteiger partial charge in [-0.1, -0.05) is 30.3 Å². The third kappa shape index (κ3) is 7.78. The lowest BCUT2D eigenvalue weighted by atomic mass is 10.0. The predicted molar refractivity (Wildman–Crippen MR) is 140 cm³/mol. The molecule has 1 aromatic heterocycles. The first-order chi connectivity index (χ1) is 15.2. The molecular weight excluding hydrogens is 515 g/mol. The Morgan fingerprint density at radius 1 is 1.16 bits per heavy atom. The van der Waals surface area contributed by atoms with Gasteiger partial charge in [0.15, 0.2) is 5.96 Å². The molecule has 2 aliphatic rings. The van der Waals surface area contributed by atoms with Gasteiger partial charge in [0.1, 0.15) is 5.76 Å². The summed E-state index contributed by atoms with van der Waals surface area (Å²) in [5, 5.41) is 7.19. The molecule has 7 heteroatoms. The Morgan fingerprint density at radius 3 is 2.66 bits per heavy atom. The van der Waals surface area contributed by atoms with Crippen LogP contribution in [0.1, 0.15) is 43.9 Å². The van der Waals surface area contributed by atoms with Crippen LogP contribution >= 0.6 is 24.0 Å². The highest BCUT2D eigenvalue weighted by Gasteiger charge is 2.29. The van der Waals surface area contributed by atoms with Gasteiger partial charge in [0.2, 0.25) is 0 Å². The van der Waals surface area contributed by atoms with Crippen LogP contribution in [0.5, 0.6) is 0 Å². The SMILES string of the molecule is CC1(CN=C(NCCc2ccco2)NC2CCN(Cc3ccccc3)CC2)CCCO1.I. The predicted octanol–water partition coefficient (Wildman–Crippen LogP) is 4.21. The minimum atomic E-state index is -0.130. The van der Waals surface area contributed by atoms with Crippen LogP contribution in [0.3, 0.4) is 0 Å². The zero-order valence-corrected chi connectivity index (χ0v) is 21.4. The molecule has 2 aromatic rings. The van der Waals surface area contributed by atoms with Crippen LogP contribution in [0, 0.1) is 0 Å². The second-order valence-electron chi connectivity index (χ2n) is 9.00. The number of hydrogen-bond donors (Lipinski definition) is 2. The number of likely N-dealkylation sites (tertiary alicyclic amines) is 1. The van der Waals surface area contributed by atoms with E-state index in [0.29, 0.717) is 12.6 Å². The van der Waals surface area contributed by atoms with Gasteiger partial charge >= 0.3 is 0 Å². The van der Waals surface area contributed by atoms with E-state index in [1.165, 1.54) is 5.56 Å². The van der Waals surface area contributed by atoms with Gasteiger partial charge in [0.25, 0.3) is 0 Å². The summed E-state index contributed by atoms with van der Waals surface area (Å²) in [6.45, 7) is 7.75. The third-order valence-electron chi connectivity index (χ3n) is 6.29. The van der Waals surface area contributed by atoms with Crippen molar-refractivity contribution in [3.8, 4) is 0 Å². The maximum atomic E-state index is 5.93. The van der Waals surface area contributed by atoms with Gasteiger partial charge in [0.05, 0.1) is 18.4 Å². The van der Waals surface area contributed by atoms with Crippen molar-refractivity contribution in [2.45, 2.75) is 57.2 Å². The summed E-state index contributed by atoms with van der Waals surface area (Å²) in [6, 6.07) is 15.1. The first-order valence-electron chi connectivity index (χ1n) is 11.7. The number of hydrogen-bond acceptors (Lipinski definition) is 4. The Hall–Kier alpha value is -1.58. The molecule has 32 heavy (non-hydrogen) atoms. The first kappa shape index (κ1) is 25.1. The molecule has 2 aliphatic heterocycles. The van der Waals surface area contributed by atoms with Crippen molar-refractivity contribution in [2.24, 2.45) is 4.99 Å². The first-order valence-corrected chi connectivity index (χ1v) is 11.7. The summed E-state index contributed by atoms with van der Waals surface area (Å²) in [5.41, 5.74) is 1.26. The van der Waals surface area contributed by atoms with Gasteiger partial charge < -0.3 is 19.8 Å². The van der Waals surface area contributed by atoms with E-state index < -0.39 is 0 Å². The van der Waals surface area contributed by atoms with Crippen LogP contribution in [0.4, 0.5) is 0 Å². The highest BCUT2D eigenvalue weighted by Crippen LogP contribution is 2.25. The summed E-state index contributed by atoms with van der Waals surface area (Å²) < 4.78 is 11.4. The number of rotatable bonds is 8. The number of nitrogens with zero attached hydrogens (tertiary/aromatic N) is 2. The molecule has 6 nitrogen and oxygen atoms in total. The van der Waals surface area contributed by atoms with Gasteiger partial charge in [-0.25, -0.2) is 0 Å². The molecule has 1 aromatic carbocycles. The molecule has 2 fully saturated rings. The maximum Gasteiger partial charge on any atom is 0.191 e. The monoisotopic (exact) mass is 552 g/mol. The quantitative estimate of drug-likeness (QED) is 0.292. The summed E-state index contributed by atoms with van der Waals surface area (Å²) in [6.07, 6.45) is 7.02.